The summed E-state index contributed by atoms with van der Waals surface area (Å²) >= 11 is 1.29. The number of hydrogen-bond donors (Lipinski definition) is 2. The molecule has 0 unspecified atom stereocenters. The number of hydrogen-bond acceptors (Lipinski definition) is 5. The molecule has 0 spiro atoms. The van der Waals surface area contributed by atoms with E-state index in [4.69, 9.17) is 10.5 Å². The van der Waals surface area contributed by atoms with Crippen molar-refractivity contribution in [1.29, 1.82) is 0 Å². The number of nitrogens with two attached hydrogens (primary N) is 1. The fourth-order valence-corrected chi connectivity index (χ4v) is 3.57. The van der Waals surface area contributed by atoms with Gasteiger partial charge in [0.15, 0.2) is 5.13 Å². The summed E-state index contributed by atoms with van der Waals surface area (Å²) in [5, 5.41) is 3.16. The summed E-state index contributed by atoms with van der Waals surface area (Å²) in [4.78, 5) is 17.1. The molecule has 140 valence electrons. The Morgan fingerprint density at radius 2 is 2.04 bits per heavy atom. The lowest BCUT2D eigenvalue weighted by atomic mass is 10.1. The fraction of sp³-hybridized carbons (Fsp3) is 0.412. The molecule has 1 aromatic heterocycles. The zero-order valence-electron chi connectivity index (χ0n) is 13.8. The van der Waals surface area contributed by atoms with E-state index in [-0.39, 0.29) is 12.0 Å². The molecule has 1 aliphatic rings. The van der Waals surface area contributed by atoms with Crippen LogP contribution in [0.15, 0.2) is 30.5 Å². The van der Waals surface area contributed by atoms with Crippen LogP contribution in [0.3, 0.4) is 0 Å². The maximum Gasteiger partial charge on any atom is 0.416 e. The standard InChI is InChI=1S/C17H18F3N3O2S/c18-17(19,20)11-3-1-10(2-4-11)7-13-9-22-16(26-13)23-15(24)14-6-5-12(8-21)25-14/h1-4,9,12,14H,5-8,21H2,(H,22,23,24)/t12-,14+/m1/s1. The lowest BCUT2D eigenvalue weighted by Crippen LogP contribution is -2.29. The molecule has 0 saturated carbocycles. The van der Waals surface area contributed by atoms with Gasteiger partial charge in [-0.05, 0) is 30.5 Å². The Morgan fingerprint density at radius 3 is 2.65 bits per heavy atom. The van der Waals surface area contributed by atoms with Crippen LogP contribution in [0.4, 0.5) is 18.3 Å². The molecule has 0 radical (unpaired) electrons. The van der Waals surface area contributed by atoms with Gasteiger partial charge in [0.2, 0.25) is 0 Å². The van der Waals surface area contributed by atoms with Gasteiger partial charge in [-0.3, -0.25) is 10.1 Å². The highest BCUT2D eigenvalue weighted by molar-refractivity contribution is 7.15. The topological polar surface area (TPSA) is 77.2 Å². The van der Waals surface area contributed by atoms with E-state index in [0.29, 0.717) is 24.5 Å². The number of nitrogens with one attached hydrogen (secondary N) is 1. The number of halogens is 3. The van der Waals surface area contributed by atoms with E-state index in [1.54, 1.807) is 6.20 Å². The number of aromatic nitrogens is 1. The molecule has 1 fully saturated rings. The van der Waals surface area contributed by atoms with Gasteiger partial charge in [0.05, 0.1) is 11.7 Å². The Hall–Kier alpha value is -1.97. The molecule has 1 aromatic carbocycles. The van der Waals surface area contributed by atoms with E-state index in [1.807, 2.05) is 0 Å². The van der Waals surface area contributed by atoms with Crippen molar-refractivity contribution < 1.29 is 22.7 Å². The number of alkyl halides is 3. The van der Waals surface area contributed by atoms with Crippen molar-refractivity contribution >= 4 is 22.4 Å². The van der Waals surface area contributed by atoms with Crippen LogP contribution in [0.5, 0.6) is 0 Å². The van der Waals surface area contributed by atoms with Crippen LogP contribution in [0.1, 0.15) is 28.8 Å². The van der Waals surface area contributed by atoms with Gasteiger partial charge in [-0.15, -0.1) is 11.3 Å². The van der Waals surface area contributed by atoms with Crippen LogP contribution >= 0.6 is 11.3 Å². The van der Waals surface area contributed by atoms with E-state index >= 15 is 0 Å². The largest absolute Gasteiger partial charge is 0.416 e. The van der Waals surface area contributed by atoms with Gasteiger partial charge in [-0.2, -0.15) is 13.2 Å². The Bertz CT molecular complexity index is 761. The number of thiazole rings is 1. The van der Waals surface area contributed by atoms with Crippen molar-refractivity contribution in [3.63, 3.8) is 0 Å². The van der Waals surface area contributed by atoms with E-state index in [9.17, 15) is 18.0 Å². The number of carbonyl (C=O) groups is 1. The minimum atomic E-state index is -4.34. The van der Waals surface area contributed by atoms with E-state index in [0.717, 1.165) is 29.0 Å². The van der Waals surface area contributed by atoms with Gasteiger partial charge >= 0.3 is 6.18 Å². The summed E-state index contributed by atoms with van der Waals surface area (Å²) < 4.78 is 43.3. The van der Waals surface area contributed by atoms with E-state index in [2.05, 4.69) is 10.3 Å². The minimum Gasteiger partial charge on any atom is -0.364 e. The minimum absolute atomic E-state index is 0.0859. The predicted octanol–water partition coefficient (Wildman–Crippen LogP) is 3.20. The maximum absolute atomic E-state index is 12.6. The quantitative estimate of drug-likeness (QED) is 0.829. The molecule has 2 heterocycles. The van der Waals surface area contributed by atoms with Gasteiger partial charge in [0.25, 0.3) is 5.91 Å². The second-order valence-electron chi connectivity index (χ2n) is 6.05. The average molecular weight is 385 g/mol. The Labute approximate surface area is 152 Å². The summed E-state index contributed by atoms with van der Waals surface area (Å²) in [7, 11) is 0. The molecule has 5 nitrogen and oxygen atoms in total. The Morgan fingerprint density at radius 1 is 1.31 bits per heavy atom. The molecule has 1 saturated heterocycles. The first-order chi connectivity index (χ1) is 12.3. The second-order valence-corrected chi connectivity index (χ2v) is 7.17. The Balaban J connectivity index is 1.57. The van der Waals surface area contributed by atoms with Crippen molar-refractivity contribution in [2.45, 2.75) is 37.6 Å². The summed E-state index contributed by atoms with van der Waals surface area (Å²) in [6.07, 6.45) is -1.52. The van der Waals surface area contributed by atoms with Crippen molar-refractivity contribution in [3.05, 3.63) is 46.5 Å². The number of ether oxygens (including phenoxy) is 1. The van der Waals surface area contributed by atoms with E-state index in [1.165, 1.54) is 23.5 Å². The second kappa shape index (κ2) is 7.73. The molecule has 1 aliphatic heterocycles. The predicted molar refractivity (Wildman–Crippen MR) is 91.9 cm³/mol. The van der Waals surface area contributed by atoms with E-state index < -0.39 is 17.8 Å². The van der Waals surface area contributed by atoms with Gasteiger partial charge in [0, 0.05) is 24.0 Å². The third kappa shape index (κ3) is 4.60. The number of anilines is 1. The van der Waals surface area contributed by atoms with Crippen LogP contribution in [0, 0.1) is 0 Å². The van der Waals surface area contributed by atoms with Gasteiger partial charge in [-0.1, -0.05) is 12.1 Å². The van der Waals surface area contributed by atoms with Crippen LogP contribution < -0.4 is 11.1 Å². The molecule has 9 heteroatoms. The third-order valence-corrected chi connectivity index (χ3v) is 5.02. The molecule has 3 rings (SSSR count). The fourth-order valence-electron chi connectivity index (χ4n) is 2.72. The highest BCUT2D eigenvalue weighted by Crippen LogP contribution is 2.30. The number of benzene rings is 1. The summed E-state index contributed by atoms with van der Waals surface area (Å²) in [6, 6.07) is 5.01. The highest BCUT2D eigenvalue weighted by atomic mass is 32.1. The molecule has 26 heavy (non-hydrogen) atoms. The first kappa shape index (κ1) is 18.8. The summed E-state index contributed by atoms with van der Waals surface area (Å²) in [5.74, 6) is -0.253. The molecular formula is C17H18F3N3O2S. The molecule has 0 aliphatic carbocycles. The smallest absolute Gasteiger partial charge is 0.364 e. The van der Waals surface area contributed by atoms with Crippen molar-refractivity contribution in [1.82, 2.24) is 4.98 Å². The first-order valence-electron chi connectivity index (χ1n) is 8.12. The molecule has 1 amide bonds. The molecule has 2 atom stereocenters. The summed E-state index contributed by atoms with van der Waals surface area (Å²) in [6.45, 7) is 0.387. The maximum atomic E-state index is 12.6. The number of rotatable bonds is 5. The molecular weight excluding hydrogens is 367 g/mol. The van der Waals surface area contributed by atoms with Crippen molar-refractivity contribution in [2.24, 2.45) is 5.73 Å². The normalized spacial score (nSPS) is 20.3. The number of carbonyl (C=O) groups excluding carboxylic acids is 1. The SMILES string of the molecule is NC[C@H]1CC[C@@H](C(=O)Nc2ncc(Cc3ccc(C(F)(F)F)cc3)s2)O1. The molecule has 0 bridgehead atoms. The zero-order valence-corrected chi connectivity index (χ0v) is 14.6. The van der Waals surface area contributed by atoms with Crippen molar-refractivity contribution in [2.75, 3.05) is 11.9 Å². The van der Waals surface area contributed by atoms with Crippen molar-refractivity contribution in [3.8, 4) is 0 Å². The highest BCUT2D eigenvalue weighted by Gasteiger charge is 2.31. The van der Waals surface area contributed by atoms with Gasteiger partial charge < -0.3 is 10.5 Å². The van der Waals surface area contributed by atoms with Gasteiger partial charge in [-0.25, -0.2) is 4.98 Å². The van der Waals surface area contributed by atoms with Crippen LogP contribution in [0.2, 0.25) is 0 Å². The number of amides is 1. The Kier molecular flexibility index (Phi) is 5.59. The zero-order chi connectivity index (χ0) is 18.7. The third-order valence-electron chi connectivity index (χ3n) is 4.11. The van der Waals surface area contributed by atoms with Crippen LogP contribution in [0.25, 0.3) is 0 Å². The van der Waals surface area contributed by atoms with Crippen LogP contribution in [-0.2, 0) is 22.1 Å². The summed E-state index contributed by atoms with van der Waals surface area (Å²) in [5.41, 5.74) is 5.59. The molecule has 2 aromatic rings. The van der Waals surface area contributed by atoms with Gasteiger partial charge in [0.1, 0.15) is 6.10 Å². The first-order valence-corrected chi connectivity index (χ1v) is 8.94. The lowest BCUT2D eigenvalue weighted by molar-refractivity contribution is -0.137. The molecule has 3 N–H and O–H groups in total. The number of nitrogens with zero attached hydrogens (tertiary/aromatic N) is 1. The monoisotopic (exact) mass is 385 g/mol. The van der Waals surface area contributed by atoms with Crippen LogP contribution in [-0.4, -0.2) is 29.6 Å². The lowest BCUT2D eigenvalue weighted by Gasteiger charge is -2.11. The average Bonchev–Trinajstić information content (AvgIpc) is 3.24.